The quantitative estimate of drug-likeness (QED) is 0.619. The molecule has 2 aromatic rings. The smallest absolute Gasteiger partial charge is 0.261 e. The predicted octanol–water partition coefficient (Wildman–Crippen LogP) is 3.18. The molecule has 0 radical (unpaired) electrons. The number of halogens is 2. The van der Waals surface area contributed by atoms with Crippen LogP contribution >= 0.6 is 11.6 Å². The Morgan fingerprint density at radius 3 is 2.58 bits per heavy atom. The lowest BCUT2D eigenvalue weighted by Crippen LogP contribution is -2.28. The summed E-state index contributed by atoms with van der Waals surface area (Å²) in [4.78, 5) is 25.9. The van der Waals surface area contributed by atoms with Gasteiger partial charge in [-0.2, -0.15) is 5.10 Å². The Morgan fingerprint density at radius 1 is 1.29 bits per heavy atom. The third-order valence-corrected chi connectivity index (χ3v) is 4.40. The van der Waals surface area contributed by atoms with Crippen LogP contribution in [0.2, 0.25) is 5.02 Å². The molecular weight excluding hydrogens is 333 g/mol. The molecule has 0 N–H and O–H groups in total. The summed E-state index contributed by atoms with van der Waals surface area (Å²) in [5.41, 5.74) is 3.15. The highest BCUT2D eigenvalue weighted by molar-refractivity contribution is 6.32. The van der Waals surface area contributed by atoms with Crippen molar-refractivity contribution in [3.05, 3.63) is 51.6 Å². The number of carbonyl (C=O) groups is 2. The minimum absolute atomic E-state index is 0.0123. The zero-order valence-corrected chi connectivity index (χ0v) is 14.2. The van der Waals surface area contributed by atoms with Crippen LogP contribution in [-0.2, 0) is 16.6 Å². The Kier molecular flexibility index (Phi) is 4.01. The highest BCUT2D eigenvalue weighted by atomic mass is 35.5. The number of aryl methyl sites for hydroxylation is 2. The minimum atomic E-state index is -0.600. The lowest BCUT2D eigenvalue weighted by molar-refractivity contribution is -0.120. The van der Waals surface area contributed by atoms with E-state index in [1.807, 2.05) is 20.9 Å². The van der Waals surface area contributed by atoms with Crippen molar-refractivity contribution in [3.63, 3.8) is 0 Å². The fourth-order valence-electron chi connectivity index (χ4n) is 2.75. The van der Waals surface area contributed by atoms with Gasteiger partial charge < -0.3 is 0 Å². The Morgan fingerprint density at radius 2 is 2.00 bits per heavy atom. The van der Waals surface area contributed by atoms with E-state index in [2.05, 4.69) is 5.10 Å². The van der Waals surface area contributed by atoms with Crippen LogP contribution in [0.4, 0.5) is 10.1 Å². The molecule has 24 heavy (non-hydrogen) atoms. The zero-order valence-electron chi connectivity index (χ0n) is 13.4. The summed E-state index contributed by atoms with van der Waals surface area (Å²) < 4.78 is 15.0. The van der Waals surface area contributed by atoms with Crippen LogP contribution in [0.3, 0.4) is 0 Å². The summed E-state index contributed by atoms with van der Waals surface area (Å²) in [5.74, 6) is -1.39. The minimum Gasteiger partial charge on any atom is -0.274 e. The number of amides is 2. The molecule has 2 amide bonds. The largest absolute Gasteiger partial charge is 0.274 e. The first-order chi connectivity index (χ1) is 11.3. The van der Waals surface area contributed by atoms with Gasteiger partial charge >= 0.3 is 0 Å². The number of aromatic nitrogens is 2. The van der Waals surface area contributed by atoms with Gasteiger partial charge in [0.1, 0.15) is 5.82 Å². The summed E-state index contributed by atoms with van der Waals surface area (Å²) in [6.07, 6.45) is 1.69. The van der Waals surface area contributed by atoms with Gasteiger partial charge in [-0.1, -0.05) is 11.6 Å². The van der Waals surface area contributed by atoms with Crippen molar-refractivity contribution in [1.82, 2.24) is 9.78 Å². The van der Waals surface area contributed by atoms with Gasteiger partial charge in [-0.3, -0.25) is 14.3 Å². The molecule has 1 saturated heterocycles. The Hall–Kier alpha value is -2.47. The van der Waals surface area contributed by atoms with Gasteiger partial charge in [0, 0.05) is 23.9 Å². The molecule has 3 rings (SSSR count). The molecular formula is C17H15ClFN3O2. The van der Waals surface area contributed by atoms with Gasteiger partial charge in [0.15, 0.2) is 0 Å². The molecule has 1 aliphatic rings. The second-order valence-electron chi connectivity index (χ2n) is 5.69. The number of rotatable bonds is 2. The Bertz CT molecular complexity index is 901. The van der Waals surface area contributed by atoms with E-state index in [4.69, 9.17) is 11.6 Å². The average molecular weight is 348 g/mol. The van der Waals surface area contributed by atoms with Crippen molar-refractivity contribution in [3.8, 4) is 0 Å². The van der Waals surface area contributed by atoms with Crippen molar-refractivity contribution in [2.45, 2.75) is 20.3 Å². The zero-order chi connectivity index (χ0) is 17.6. The van der Waals surface area contributed by atoms with E-state index in [0.29, 0.717) is 5.57 Å². The number of hydrogen-bond donors (Lipinski definition) is 0. The molecule has 0 aliphatic carbocycles. The topological polar surface area (TPSA) is 55.2 Å². The maximum Gasteiger partial charge on any atom is 0.261 e. The van der Waals surface area contributed by atoms with Crippen molar-refractivity contribution in [2.24, 2.45) is 7.05 Å². The van der Waals surface area contributed by atoms with E-state index in [1.54, 1.807) is 10.8 Å². The molecule has 1 aromatic carbocycles. The maximum absolute atomic E-state index is 13.3. The van der Waals surface area contributed by atoms with Crippen molar-refractivity contribution >= 4 is 35.2 Å². The summed E-state index contributed by atoms with van der Waals surface area (Å²) >= 11 is 5.75. The van der Waals surface area contributed by atoms with Gasteiger partial charge in [0.25, 0.3) is 5.91 Å². The van der Waals surface area contributed by atoms with E-state index < -0.39 is 11.7 Å². The summed E-state index contributed by atoms with van der Waals surface area (Å²) in [5, 5.41) is 4.16. The second kappa shape index (κ2) is 5.87. The van der Waals surface area contributed by atoms with E-state index in [9.17, 15) is 14.0 Å². The molecule has 0 saturated carbocycles. The Balaban J connectivity index is 2.00. The van der Waals surface area contributed by atoms with Crippen LogP contribution < -0.4 is 4.90 Å². The molecule has 0 bridgehead atoms. The number of benzene rings is 1. The lowest BCUT2D eigenvalue weighted by atomic mass is 10.1. The molecule has 2 heterocycles. The van der Waals surface area contributed by atoms with Crippen molar-refractivity contribution in [1.29, 1.82) is 0 Å². The van der Waals surface area contributed by atoms with E-state index >= 15 is 0 Å². The highest BCUT2D eigenvalue weighted by Gasteiger charge is 2.35. The molecule has 0 unspecified atom stereocenters. The van der Waals surface area contributed by atoms with Crippen molar-refractivity contribution < 1.29 is 14.0 Å². The van der Waals surface area contributed by atoms with Crippen LogP contribution in [-0.4, -0.2) is 21.6 Å². The maximum atomic E-state index is 13.3. The Labute approximate surface area is 143 Å². The number of hydrogen-bond acceptors (Lipinski definition) is 3. The van der Waals surface area contributed by atoms with Gasteiger partial charge in [0.05, 0.1) is 22.8 Å². The molecule has 7 heteroatoms. The molecule has 1 aliphatic heterocycles. The average Bonchev–Trinajstić information content (AvgIpc) is 2.93. The van der Waals surface area contributed by atoms with Gasteiger partial charge in [-0.15, -0.1) is 0 Å². The molecule has 0 spiro atoms. The summed E-state index contributed by atoms with van der Waals surface area (Å²) in [7, 11) is 1.82. The predicted molar refractivity (Wildman–Crippen MR) is 89.2 cm³/mol. The molecule has 5 nitrogen and oxygen atoms in total. The normalized spacial score (nSPS) is 16.5. The number of imide groups is 1. The van der Waals surface area contributed by atoms with Crippen molar-refractivity contribution in [2.75, 3.05) is 4.90 Å². The van der Waals surface area contributed by atoms with Gasteiger partial charge in [-0.05, 0) is 38.1 Å². The first kappa shape index (κ1) is 16.4. The second-order valence-corrected chi connectivity index (χ2v) is 6.09. The van der Waals surface area contributed by atoms with Crippen LogP contribution in [0.1, 0.15) is 23.4 Å². The van der Waals surface area contributed by atoms with E-state index in [-0.39, 0.29) is 23.0 Å². The number of carbonyl (C=O) groups excluding carboxylic acids is 2. The lowest BCUT2D eigenvalue weighted by Gasteiger charge is -2.13. The first-order valence-corrected chi connectivity index (χ1v) is 7.70. The van der Waals surface area contributed by atoms with Crippen LogP contribution in [0.5, 0.6) is 0 Å². The van der Waals surface area contributed by atoms with Crippen LogP contribution in [0.15, 0.2) is 23.8 Å². The fraction of sp³-hybridized carbons (Fsp3) is 0.235. The van der Waals surface area contributed by atoms with Crippen LogP contribution in [0.25, 0.3) is 6.08 Å². The number of nitrogens with zero attached hydrogens (tertiary/aromatic N) is 3. The van der Waals surface area contributed by atoms with Gasteiger partial charge in [0.2, 0.25) is 5.91 Å². The van der Waals surface area contributed by atoms with E-state index in [1.165, 1.54) is 12.1 Å². The fourth-order valence-corrected chi connectivity index (χ4v) is 2.92. The van der Waals surface area contributed by atoms with Crippen LogP contribution in [0, 0.1) is 19.7 Å². The SMILES string of the molecule is Cc1nn(C)c(C)c1C=C1CC(=O)N(c2ccc(F)c(Cl)c2)C1=O. The first-order valence-electron chi connectivity index (χ1n) is 7.32. The summed E-state index contributed by atoms with van der Waals surface area (Å²) in [6.45, 7) is 3.74. The third-order valence-electron chi connectivity index (χ3n) is 4.11. The highest BCUT2D eigenvalue weighted by Crippen LogP contribution is 2.30. The molecule has 124 valence electrons. The molecule has 1 aromatic heterocycles. The van der Waals surface area contributed by atoms with E-state index in [0.717, 1.165) is 27.9 Å². The molecule has 0 atom stereocenters. The molecule has 1 fully saturated rings. The van der Waals surface area contributed by atoms with Gasteiger partial charge in [-0.25, -0.2) is 9.29 Å². The summed E-state index contributed by atoms with van der Waals surface area (Å²) in [6, 6.07) is 3.77. The third kappa shape index (κ3) is 2.63. The standard InChI is InChI=1S/C17H15ClFN3O2/c1-9-13(10(2)21(3)20-9)6-11-7-16(23)22(17(11)24)12-4-5-15(19)14(18)8-12/h4-6,8H,7H2,1-3H3. The monoisotopic (exact) mass is 347 g/mol. The number of anilines is 1.